The summed E-state index contributed by atoms with van der Waals surface area (Å²) in [5.41, 5.74) is 2.84. The van der Waals surface area contributed by atoms with Crippen molar-refractivity contribution in [2.75, 3.05) is 6.61 Å². The first kappa shape index (κ1) is 12.0. The predicted molar refractivity (Wildman–Crippen MR) is 64.8 cm³/mol. The number of hydrogen-bond donors (Lipinski definition) is 1. The summed E-state index contributed by atoms with van der Waals surface area (Å²) >= 11 is 0. The molecule has 1 aromatic rings. The summed E-state index contributed by atoms with van der Waals surface area (Å²) in [5.74, 6) is 0. The van der Waals surface area contributed by atoms with E-state index in [-0.39, 0.29) is 0 Å². The molecule has 0 saturated heterocycles. The normalized spacial score (nSPS) is 11.7. The summed E-state index contributed by atoms with van der Waals surface area (Å²) in [6.07, 6.45) is 6.30. The van der Waals surface area contributed by atoms with Gasteiger partial charge in [-0.15, -0.1) is 0 Å². The lowest BCUT2D eigenvalue weighted by Gasteiger charge is -2.06. The Balaban J connectivity index is 2.35. The molecule has 0 aliphatic carbocycles. The quantitative estimate of drug-likeness (QED) is 0.705. The van der Waals surface area contributed by atoms with E-state index in [1.807, 2.05) is 6.07 Å². The first-order valence-corrected chi connectivity index (χ1v) is 5.65. The highest BCUT2D eigenvalue weighted by atomic mass is 16.2. The minimum absolute atomic E-state index is 0.294. The van der Waals surface area contributed by atoms with Crippen LogP contribution in [0.25, 0.3) is 0 Å². The van der Waals surface area contributed by atoms with E-state index in [2.05, 4.69) is 37.3 Å². The Morgan fingerprint density at radius 1 is 1.20 bits per heavy atom. The van der Waals surface area contributed by atoms with Gasteiger partial charge in [0.15, 0.2) is 0 Å². The molecule has 0 aliphatic rings. The van der Waals surface area contributed by atoms with Crippen LogP contribution in [0.3, 0.4) is 0 Å². The molecule has 0 saturated carbocycles. The lowest BCUT2D eigenvalue weighted by atomic mass is 10.0. The molecule has 0 aromatic heterocycles. The van der Waals surface area contributed by atoms with Gasteiger partial charge in [0, 0.05) is 6.61 Å². The Morgan fingerprint density at radius 2 is 1.93 bits per heavy atom. The number of allylic oxidation sites excluding steroid dienone is 2. The minimum Gasteiger partial charge on any atom is -0.396 e. The highest BCUT2D eigenvalue weighted by Crippen LogP contribution is 2.13. The molecule has 1 N–H and O–H groups in total. The molecule has 15 heavy (non-hydrogen) atoms. The highest BCUT2D eigenvalue weighted by molar-refractivity contribution is 5.16. The third-order valence-corrected chi connectivity index (χ3v) is 2.64. The molecule has 1 rings (SSSR count). The van der Waals surface area contributed by atoms with Gasteiger partial charge in [-0.3, -0.25) is 0 Å². The van der Waals surface area contributed by atoms with Gasteiger partial charge in [-0.2, -0.15) is 0 Å². The Kier molecular flexibility index (Phi) is 5.79. The summed E-state index contributed by atoms with van der Waals surface area (Å²) < 4.78 is 0. The summed E-state index contributed by atoms with van der Waals surface area (Å²) in [7, 11) is 0. The first-order chi connectivity index (χ1) is 7.36. The Morgan fingerprint density at radius 3 is 2.53 bits per heavy atom. The maximum atomic E-state index is 8.77. The molecule has 0 bridgehead atoms. The topological polar surface area (TPSA) is 20.2 Å². The smallest absolute Gasteiger partial charge is 0.0434 e. The zero-order chi connectivity index (χ0) is 10.9. The second-order valence-corrected chi connectivity index (χ2v) is 3.76. The lowest BCUT2D eigenvalue weighted by molar-refractivity contribution is 0.288. The molecule has 0 heterocycles. The fraction of sp³-hybridized carbons (Fsp3) is 0.429. The van der Waals surface area contributed by atoms with E-state index in [4.69, 9.17) is 5.11 Å². The van der Waals surface area contributed by atoms with Crippen molar-refractivity contribution in [3.63, 3.8) is 0 Å². The van der Waals surface area contributed by atoms with Crippen LogP contribution in [0.1, 0.15) is 31.7 Å². The van der Waals surface area contributed by atoms with Gasteiger partial charge in [0.2, 0.25) is 0 Å². The van der Waals surface area contributed by atoms with E-state index in [0.717, 1.165) is 25.7 Å². The molecule has 0 unspecified atom stereocenters. The van der Waals surface area contributed by atoms with Gasteiger partial charge in [-0.25, -0.2) is 0 Å². The van der Waals surface area contributed by atoms with Gasteiger partial charge >= 0.3 is 0 Å². The van der Waals surface area contributed by atoms with Crippen LogP contribution in [0.2, 0.25) is 0 Å². The SMILES string of the molecule is CC=C(CCCO)CCc1ccccc1. The van der Waals surface area contributed by atoms with Crippen molar-refractivity contribution >= 4 is 0 Å². The van der Waals surface area contributed by atoms with Gasteiger partial charge in [0.1, 0.15) is 0 Å². The van der Waals surface area contributed by atoms with Crippen LogP contribution in [0.4, 0.5) is 0 Å². The summed E-state index contributed by atoms with van der Waals surface area (Å²) in [5, 5.41) is 8.77. The molecular formula is C14H20O. The minimum atomic E-state index is 0.294. The van der Waals surface area contributed by atoms with Gasteiger partial charge in [0.05, 0.1) is 0 Å². The van der Waals surface area contributed by atoms with Crippen molar-refractivity contribution in [3.05, 3.63) is 47.5 Å². The molecule has 0 aliphatic heterocycles. The van der Waals surface area contributed by atoms with E-state index in [1.54, 1.807) is 0 Å². The van der Waals surface area contributed by atoms with Gasteiger partial charge in [-0.1, -0.05) is 42.0 Å². The number of aliphatic hydroxyl groups excluding tert-OH is 1. The standard InChI is InChI=1S/C14H20O/c1-2-13(9-6-12-15)10-11-14-7-4-3-5-8-14/h2-5,7-8,15H,6,9-12H2,1H3. The molecule has 1 aromatic carbocycles. The van der Waals surface area contributed by atoms with E-state index >= 15 is 0 Å². The van der Waals surface area contributed by atoms with Gasteiger partial charge < -0.3 is 5.11 Å². The van der Waals surface area contributed by atoms with E-state index in [9.17, 15) is 0 Å². The molecule has 0 atom stereocenters. The Labute approximate surface area is 92.5 Å². The van der Waals surface area contributed by atoms with Crippen molar-refractivity contribution in [2.45, 2.75) is 32.6 Å². The van der Waals surface area contributed by atoms with Crippen LogP contribution in [-0.4, -0.2) is 11.7 Å². The number of benzene rings is 1. The Hall–Kier alpha value is -1.08. The molecule has 0 radical (unpaired) electrons. The fourth-order valence-corrected chi connectivity index (χ4v) is 1.67. The maximum Gasteiger partial charge on any atom is 0.0434 e. The van der Waals surface area contributed by atoms with Crippen molar-refractivity contribution in [2.24, 2.45) is 0 Å². The van der Waals surface area contributed by atoms with E-state index < -0.39 is 0 Å². The summed E-state index contributed by atoms with van der Waals surface area (Å²) in [6, 6.07) is 10.5. The van der Waals surface area contributed by atoms with E-state index in [0.29, 0.717) is 6.61 Å². The molecule has 1 nitrogen and oxygen atoms in total. The first-order valence-electron chi connectivity index (χ1n) is 5.65. The van der Waals surface area contributed by atoms with Crippen molar-refractivity contribution in [1.82, 2.24) is 0 Å². The Bertz CT molecular complexity index is 287. The summed E-state index contributed by atoms with van der Waals surface area (Å²) in [4.78, 5) is 0. The summed E-state index contributed by atoms with van der Waals surface area (Å²) in [6.45, 7) is 2.38. The van der Waals surface area contributed by atoms with E-state index in [1.165, 1.54) is 11.1 Å². The third kappa shape index (κ3) is 4.80. The number of rotatable bonds is 6. The van der Waals surface area contributed by atoms with Crippen LogP contribution < -0.4 is 0 Å². The van der Waals surface area contributed by atoms with Crippen molar-refractivity contribution in [3.8, 4) is 0 Å². The van der Waals surface area contributed by atoms with Crippen LogP contribution in [0.5, 0.6) is 0 Å². The van der Waals surface area contributed by atoms with Crippen LogP contribution in [0, 0.1) is 0 Å². The fourth-order valence-electron chi connectivity index (χ4n) is 1.67. The van der Waals surface area contributed by atoms with Gasteiger partial charge in [-0.05, 0) is 38.2 Å². The van der Waals surface area contributed by atoms with Crippen LogP contribution in [-0.2, 0) is 6.42 Å². The molecule has 0 amide bonds. The zero-order valence-corrected chi connectivity index (χ0v) is 9.45. The largest absolute Gasteiger partial charge is 0.396 e. The van der Waals surface area contributed by atoms with Gasteiger partial charge in [0.25, 0.3) is 0 Å². The molecule has 82 valence electrons. The van der Waals surface area contributed by atoms with Crippen LogP contribution >= 0.6 is 0 Å². The molecule has 0 spiro atoms. The maximum absolute atomic E-state index is 8.77. The second kappa shape index (κ2) is 7.24. The monoisotopic (exact) mass is 204 g/mol. The predicted octanol–water partition coefficient (Wildman–Crippen LogP) is 3.34. The molecule has 0 fully saturated rings. The zero-order valence-electron chi connectivity index (χ0n) is 9.45. The van der Waals surface area contributed by atoms with Crippen molar-refractivity contribution < 1.29 is 5.11 Å². The number of hydrogen-bond acceptors (Lipinski definition) is 1. The average Bonchev–Trinajstić information content (AvgIpc) is 2.31. The third-order valence-electron chi connectivity index (χ3n) is 2.64. The highest BCUT2D eigenvalue weighted by Gasteiger charge is 1.97. The molecular weight excluding hydrogens is 184 g/mol. The number of aliphatic hydroxyl groups is 1. The van der Waals surface area contributed by atoms with Crippen LogP contribution in [0.15, 0.2) is 42.0 Å². The average molecular weight is 204 g/mol. The second-order valence-electron chi connectivity index (χ2n) is 3.76. The molecule has 1 heteroatoms. The number of aryl methyl sites for hydroxylation is 1. The van der Waals surface area contributed by atoms with Crippen molar-refractivity contribution in [1.29, 1.82) is 0 Å². The lowest BCUT2D eigenvalue weighted by Crippen LogP contribution is -1.91.